The van der Waals surface area contributed by atoms with E-state index in [2.05, 4.69) is 4.74 Å². The maximum absolute atomic E-state index is 12.1. The first-order valence-electron chi connectivity index (χ1n) is 8.55. The molecular weight excluding hydrogens is 388 g/mol. The number of ether oxygens (including phenoxy) is 2. The fourth-order valence-corrected chi connectivity index (χ4v) is 3.09. The molecule has 0 aliphatic rings. The molecule has 0 aromatic heterocycles. The van der Waals surface area contributed by atoms with Gasteiger partial charge in [0, 0.05) is 24.2 Å². The Labute approximate surface area is 166 Å². The van der Waals surface area contributed by atoms with Crippen LogP contribution in [0.15, 0.2) is 59.5 Å². The summed E-state index contributed by atoms with van der Waals surface area (Å²) in [5.74, 6) is -0.161. The van der Waals surface area contributed by atoms with Crippen LogP contribution in [0.4, 0.5) is 8.78 Å². The predicted molar refractivity (Wildman–Crippen MR) is 102 cm³/mol. The molecular formula is C20H21F2NO4S. The van der Waals surface area contributed by atoms with E-state index in [0.29, 0.717) is 5.75 Å². The fourth-order valence-electron chi connectivity index (χ4n) is 2.23. The molecule has 2 rings (SSSR count). The lowest BCUT2D eigenvalue weighted by molar-refractivity contribution is -0.151. The molecule has 150 valence electrons. The quantitative estimate of drug-likeness (QED) is 0.439. The maximum Gasteiger partial charge on any atom is 0.387 e. The Morgan fingerprint density at radius 1 is 1.07 bits per heavy atom. The molecule has 2 aromatic carbocycles. The van der Waals surface area contributed by atoms with Gasteiger partial charge in [-0.3, -0.25) is 9.59 Å². The third kappa shape index (κ3) is 7.96. The van der Waals surface area contributed by atoms with Crippen LogP contribution in [-0.4, -0.2) is 42.8 Å². The van der Waals surface area contributed by atoms with Crippen molar-refractivity contribution >= 4 is 23.6 Å². The molecule has 0 aliphatic heterocycles. The van der Waals surface area contributed by atoms with Crippen molar-refractivity contribution in [2.75, 3.05) is 19.4 Å². The lowest BCUT2D eigenvalue weighted by Gasteiger charge is -2.17. The molecule has 0 saturated carbocycles. The van der Waals surface area contributed by atoms with Crippen molar-refractivity contribution in [3.8, 4) is 5.75 Å². The van der Waals surface area contributed by atoms with E-state index in [0.717, 1.165) is 10.5 Å². The predicted octanol–water partition coefficient (Wildman–Crippen LogP) is 3.97. The normalized spacial score (nSPS) is 10.6. The van der Waals surface area contributed by atoms with Crippen molar-refractivity contribution in [3.05, 3.63) is 60.2 Å². The molecule has 0 saturated heterocycles. The van der Waals surface area contributed by atoms with Crippen LogP contribution in [0.2, 0.25) is 0 Å². The first-order valence-corrected chi connectivity index (χ1v) is 9.54. The number of likely N-dealkylation sites (N-methyl/N-ethyl adjacent to an activating group) is 1. The topological polar surface area (TPSA) is 55.8 Å². The number of hydrogen-bond donors (Lipinski definition) is 0. The van der Waals surface area contributed by atoms with Gasteiger partial charge >= 0.3 is 12.6 Å². The highest BCUT2D eigenvalue weighted by Gasteiger charge is 2.13. The highest BCUT2D eigenvalue weighted by Crippen LogP contribution is 2.18. The molecule has 0 fully saturated rings. The first kappa shape index (κ1) is 21.7. The van der Waals surface area contributed by atoms with E-state index in [4.69, 9.17) is 4.74 Å². The van der Waals surface area contributed by atoms with E-state index in [1.165, 1.54) is 17.0 Å². The zero-order chi connectivity index (χ0) is 20.4. The van der Waals surface area contributed by atoms with Crippen LogP contribution in [0.1, 0.15) is 12.0 Å². The molecule has 5 nitrogen and oxygen atoms in total. The summed E-state index contributed by atoms with van der Waals surface area (Å²) in [6, 6.07) is 15.7. The van der Waals surface area contributed by atoms with Crippen LogP contribution < -0.4 is 4.74 Å². The number of carbonyl (C=O) groups excluding carboxylic acids is 2. The molecule has 8 heteroatoms. The van der Waals surface area contributed by atoms with Crippen LogP contribution in [-0.2, 0) is 20.9 Å². The summed E-state index contributed by atoms with van der Waals surface area (Å²) in [6.07, 6.45) is 0.210. The third-order valence-corrected chi connectivity index (χ3v) is 4.68. The minimum atomic E-state index is -2.88. The second-order valence-electron chi connectivity index (χ2n) is 5.84. The van der Waals surface area contributed by atoms with Crippen LogP contribution in [0.3, 0.4) is 0 Å². The molecule has 0 bridgehead atoms. The summed E-state index contributed by atoms with van der Waals surface area (Å²) >= 11 is 1.54. The number of halogens is 2. The molecule has 0 heterocycles. The summed E-state index contributed by atoms with van der Waals surface area (Å²) in [4.78, 5) is 26.3. The van der Waals surface area contributed by atoms with E-state index < -0.39 is 12.6 Å². The number of benzene rings is 2. The first-order chi connectivity index (χ1) is 13.4. The number of amides is 1. The average molecular weight is 409 g/mol. The number of thioether (sulfide) groups is 1. The Balaban J connectivity index is 1.67. The standard InChI is InChI=1S/C20H21F2NO4S/c1-23(13-15-7-9-16(10-8-15)27-20(21)22)18(24)14-26-19(25)11-12-28-17-5-3-2-4-6-17/h2-10,20H,11-14H2,1H3. The van der Waals surface area contributed by atoms with Crippen LogP contribution in [0.5, 0.6) is 5.75 Å². The Kier molecular flexibility index (Phi) is 8.74. The molecule has 0 radical (unpaired) electrons. The van der Waals surface area contributed by atoms with Gasteiger partial charge in [0.15, 0.2) is 6.61 Å². The van der Waals surface area contributed by atoms with Crippen molar-refractivity contribution in [1.29, 1.82) is 0 Å². The fraction of sp³-hybridized carbons (Fsp3) is 0.300. The van der Waals surface area contributed by atoms with E-state index in [9.17, 15) is 18.4 Å². The molecule has 0 spiro atoms. The van der Waals surface area contributed by atoms with E-state index in [1.807, 2.05) is 30.3 Å². The van der Waals surface area contributed by atoms with E-state index in [-0.39, 0.29) is 31.2 Å². The summed E-state index contributed by atoms with van der Waals surface area (Å²) in [6.45, 7) is -2.96. The molecule has 0 N–H and O–H groups in total. The van der Waals surface area contributed by atoms with Gasteiger partial charge in [-0.15, -0.1) is 11.8 Å². The zero-order valence-electron chi connectivity index (χ0n) is 15.3. The van der Waals surface area contributed by atoms with Gasteiger partial charge in [-0.2, -0.15) is 8.78 Å². The van der Waals surface area contributed by atoms with Crippen LogP contribution in [0, 0.1) is 0 Å². The number of esters is 1. The Morgan fingerprint density at radius 2 is 1.75 bits per heavy atom. The zero-order valence-corrected chi connectivity index (χ0v) is 16.2. The van der Waals surface area contributed by atoms with Gasteiger partial charge in [0.2, 0.25) is 0 Å². The number of nitrogens with zero attached hydrogens (tertiary/aromatic N) is 1. The highest BCUT2D eigenvalue weighted by molar-refractivity contribution is 7.99. The minimum absolute atomic E-state index is 0.0510. The lowest BCUT2D eigenvalue weighted by atomic mass is 10.2. The number of rotatable bonds is 10. The summed E-state index contributed by atoms with van der Waals surface area (Å²) < 4.78 is 33.6. The molecule has 1 amide bonds. The largest absolute Gasteiger partial charge is 0.456 e. The summed E-state index contributed by atoms with van der Waals surface area (Å²) in [5.41, 5.74) is 0.739. The van der Waals surface area contributed by atoms with E-state index in [1.54, 1.807) is 30.9 Å². The number of carbonyl (C=O) groups is 2. The SMILES string of the molecule is CN(Cc1ccc(OC(F)F)cc1)C(=O)COC(=O)CCSc1ccccc1. The van der Waals surface area contributed by atoms with Gasteiger partial charge in [0.05, 0.1) is 6.42 Å². The summed E-state index contributed by atoms with van der Waals surface area (Å²) in [7, 11) is 1.57. The Bertz CT molecular complexity index is 757. The van der Waals surface area contributed by atoms with Gasteiger partial charge in [0.1, 0.15) is 5.75 Å². The maximum atomic E-state index is 12.1. The molecule has 0 aliphatic carbocycles. The highest BCUT2D eigenvalue weighted by atomic mass is 32.2. The van der Waals surface area contributed by atoms with Crippen molar-refractivity contribution in [2.24, 2.45) is 0 Å². The van der Waals surface area contributed by atoms with Crippen LogP contribution in [0.25, 0.3) is 0 Å². The summed E-state index contributed by atoms with van der Waals surface area (Å²) in [5, 5.41) is 0. The number of hydrogen-bond acceptors (Lipinski definition) is 5. The second-order valence-corrected chi connectivity index (χ2v) is 7.01. The number of alkyl halides is 2. The van der Waals surface area contributed by atoms with Gasteiger partial charge in [-0.05, 0) is 29.8 Å². The smallest absolute Gasteiger partial charge is 0.387 e. The molecule has 2 aromatic rings. The van der Waals surface area contributed by atoms with Crippen molar-refractivity contribution in [1.82, 2.24) is 4.90 Å². The van der Waals surface area contributed by atoms with Crippen molar-refractivity contribution in [2.45, 2.75) is 24.5 Å². The van der Waals surface area contributed by atoms with Gasteiger partial charge in [-0.25, -0.2) is 0 Å². The second kappa shape index (κ2) is 11.3. The third-order valence-electron chi connectivity index (χ3n) is 3.67. The molecule has 28 heavy (non-hydrogen) atoms. The van der Waals surface area contributed by atoms with Gasteiger partial charge < -0.3 is 14.4 Å². The van der Waals surface area contributed by atoms with Gasteiger partial charge in [-0.1, -0.05) is 30.3 Å². The van der Waals surface area contributed by atoms with E-state index >= 15 is 0 Å². The van der Waals surface area contributed by atoms with Crippen LogP contribution >= 0.6 is 11.8 Å². The van der Waals surface area contributed by atoms with Crippen molar-refractivity contribution in [3.63, 3.8) is 0 Å². The molecule has 0 unspecified atom stereocenters. The minimum Gasteiger partial charge on any atom is -0.456 e. The molecule has 0 atom stereocenters. The monoisotopic (exact) mass is 409 g/mol. The Hall–Kier alpha value is -2.61. The average Bonchev–Trinajstić information content (AvgIpc) is 2.68. The lowest BCUT2D eigenvalue weighted by Crippen LogP contribution is -2.30. The Morgan fingerprint density at radius 3 is 2.39 bits per heavy atom. The van der Waals surface area contributed by atoms with Gasteiger partial charge in [0.25, 0.3) is 5.91 Å². The van der Waals surface area contributed by atoms with Crippen molar-refractivity contribution < 1.29 is 27.8 Å².